The number of carbonyl (C=O) groups excluding carboxylic acids is 2. The monoisotopic (exact) mass is 250 g/mol. The Kier molecular flexibility index (Phi) is 3.40. The number of rotatable bonds is 2. The molecule has 0 aromatic carbocycles. The highest BCUT2D eigenvalue weighted by molar-refractivity contribution is 5.92. The number of H-pyrrole nitrogens is 1. The minimum Gasteiger partial charge on any atom is -0.352 e. The fraction of sp³-hybridized carbons (Fsp3) is 0.455. The lowest BCUT2D eigenvalue weighted by molar-refractivity contribution is -0.119. The molecule has 18 heavy (non-hydrogen) atoms. The van der Waals surface area contributed by atoms with Crippen molar-refractivity contribution in [3.63, 3.8) is 0 Å². The molecular weight excluding hydrogens is 236 g/mol. The van der Waals surface area contributed by atoms with Crippen LogP contribution in [-0.4, -0.2) is 46.0 Å². The van der Waals surface area contributed by atoms with E-state index in [0.29, 0.717) is 13.1 Å². The molecule has 2 rings (SSSR count). The molecule has 1 aliphatic heterocycles. The number of carbonyl (C=O) groups is 2. The normalized spacial score (nSPS) is 18.7. The van der Waals surface area contributed by atoms with Gasteiger partial charge in [-0.15, -0.1) is 0 Å². The molecule has 0 saturated carbocycles. The first kappa shape index (κ1) is 12.3. The zero-order chi connectivity index (χ0) is 13.1. The Morgan fingerprint density at radius 1 is 1.50 bits per heavy atom. The van der Waals surface area contributed by atoms with E-state index in [4.69, 9.17) is 0 Å². The Morgan fingerprint density at radius 3 is 2.89 bits per heavy atom. The zero-order valence-electron chi connectivity index (χ0n) is 9.97. The van der Waals surface area contributed by atoms with E-state index in [0.717, 1.165) is 6.42 Å². The van der Waals surface area contributed by atoms with Gasteiger partial charge >= 0.3 is 0 Å². The molecule has 2 amide bonds. The van der Waals surface area contributed by atoms with E-state index < -0.39 is 0 Å². The molecule has 2 heterocycles. The summed E-state index contributed by atoms with van der Waals surface area (Å²) < 4.78 is 0. The molecule has 1 fully saturated rings. The van der Waals surface area contributed by atoms with E-state index in [1.54, 1.807) is 4.90 Å². The number of hydrogen-bond donors (Lipinski definition) is 2. The van der Waals surface area contributed by atoms with Crippen LogP contribution in [0, 0.1) is 0 Å². The van der Waals surface area contributed by atoms with Crippen molar-refractivity contribution < 1.29 is 9.59 Å². The SMILES string of the molecule is CC(=O)NC1CCN(C(=O)c2ccc(=O)[nH]n2)C1. The van der Waals surface area contributed by atoms with Crippen LogP contribution in [0.25, 0.3) is 0 Å². The van der Waals surface area contributed by atoms with Crippen LogP contribution in [0.15, 0.2) is 16.9 Å². The third kappa shape index (κ3) is 2.73. The summed E-state index contributed by atoms with van der Waals surface area (Å²) >= 11 is 0. The van der Waals surface area contributed by atoms with Gasteiger partial charge < -0.3 is 10.2 Å². The Labute approximate surface area is 103 Å². The Bertz CT molecular complexity index is 505. The second-order valence-corrected chi connectivity index (χ2v) is 4.24. The van der Waals surface area contributed by atoms with Gasteiger partial charge in [-0.05, 0) is 12.5 Å². The number of hydrogen-bond acceptors (Lipinski definition) is 4. The van der Waals surface area contributed by atoms with Gasteiger partial charge in [0.2, 0.25) is 5.91 Å². The number of nitrogens with one attached hydrogen (secondary N) is 2. The van der Waals surface area contributed by atoms with E-state index in [9.17, 15) is 14.4 Å². The third-order valence-electron chi connectivity index (χ3n) is 2.78. The van der Waals surface area contributed by atoms with Crippen LogP contribution >= 0.6 is 0 Å². The molecule has 2 N–H and O–H groups in total. The van der Waals surface area contributed by atoms with E-state index in [-0.39, 0.29) is 29.1 Å². The minimum atomic E-state index is -0.343. The molecule has 1 atom stereocenters. The summed E-state index contributed by atoms with van der Waals surface area (Å²) in [6.45, 7) is 2.50. The van der Waals surface area contributed by atoms with Gasteiger partial charge in [-0.25, -0.2) is 5.10 Å². The van der Waals surface area contributed by atoms with Crippen LogP contribution in [0.1, 0.15) is 23.8 Å². The Hall–Kier alpha value is -2.18. The number of aromatic amines is 1. The third-order valence-corrected chi connectivity index (χ3v) is 2.78. The molecule has 0 radical (unpaired) electrons. The van der Waals surface area contributed by atoms with Crippen molar-refractivity contribution in [2.24, 2.45) is 0 Å². The fourth-order valence-electron chi connectivity index (χ4n) is 1.98. The molecule has 96 valence electrons. The molecule has 0 aliphatic carbocycles. The molecule has 0 spiro atoms. The topological polar surface area (TPSA) is 95.2 Å². The molecule has 1 unspecified atom stereocenters. The lowest BCUT2D eigenvalue weighted by Gasteiger charge is -2.15. The van der Waals surface area contributed by atoms with Gasteiger partial charge in [0.15, 0.2) is 0 Å². The highest BCUT2D eigenvalue weighted by Crippen LogP contribution is 2.11. The molecule has 1 saturated heterocycles. The fourth-order valence-corrected chi connectivity index (χ4v) is 1.98. The number of aromatic nitrogens is 2. The van der Waals surface area contributed by atoms with Crippen LogP contribution in [0.3, 0.4) is 0 Å². The summed E-state index contributed by atoms with van der Waals surface area (Å²) in [5.74, 6) is -0.337. The smallest absolute Gasteiger partial charge is 0.274 e. The van der Waals surface area contributed by atoms with Gasteiger partial charge in [-0.2, -0.15) is 5.10 Å². The average Bonchev–Trinajstić information content (AvgIpc) is 2.76. The summed E-state index contributed by atoms with van der Waals surface area (Å²) in [5, 5.41) is 8.69. The molecule has 1 aliphatic rings. The predicted octanol–water partition coefficient (Wildman–Crippen LogP) is -0.879. The van der Waals surface area contributed by atoms with E-state index in [2.05, 4.69) is 15.5 Å². The van der Waals surface area contributed by atoms with E-state index in [1.807, 2.05) is 0 Å². The summed E-state index contributed by atoms with van der Waals surface area (Å²) in [7, 11) is 0. The second kappa shape index (κ2) is 4.99. The van der Waals surface area contributed by atoms with Gasteiger partial charge in [0, 0.05) is 32.1 Å². The average molecular weight is 250 g/mol. The van der Waals surface area contributed by atoms with Gasteiger partial charge in [0.1, 0.15) is 5.69 Å². The van der Waals surface area contributed by atoms with Crippen molar-refractivity contribution in [2.45, 2.75) is 19.4 Å². The Morgan fingerprint density at radius 2 is 2.28 bits per heavy atom. The summed E-state index contributed by atoms with van der Waals surface area (Å²) in [6, 6.07) is 2.66. The highest BCUT2D eigenvalue weighted by atomic mass is 16.2. The molecule has 0 bridgehead atoms. The summed E-state index contributed by atoms with van der Waals surface area (Å²) in [6.07, 6.45) is 0.731. The van der Waals surface area contributed by atoms with Crippen molar-refractivity contribution in [1.82, 2.24) is 20.4 Å². The maximum absolute atomic E-state index is 12.0. The number of likely N-dealkylation sites (tertiary alicyclic amines) is 1. The van der Waals surface area contributed by atoms with E-state index in [1.165, 1.54) is 19.1 Å². The molecule has 7 heteroatoms. The highest BCUT2D eigenvalue weighted by Gasteiger charge is 2.27. The molecular formula is C11H14N4O3. The van der Waals surface area contributed by atoms with Crippen molar-refractivity contribution in [3.8, 4) is 0 Å². The Balaban J connectivity index is 2.01. The van der Waals surface area contributed by atoms with Crippen molar-refractivity contribution in [3.05, 3.63) is 28.2 Å². The van der Waals surface area contributed by atoms with Gasteiger partial charge in [-0.3, -0.25) is 14.4 Å². The van der Waals surface area contributed by atoms with Crippen molar-refractivity contribution in [1.29, 1.82) is 0 Å². The molecule has 1 aromatic rings. The van der Waals surface area contributed by atoms with Crippen LogP contribution in [0.5, 0.6) is 0 Å². The maximum Gasteiger partial charge on any atom is 0.274 e. The number of nitrogens with zero attached hydrogens (tertiary/aromatic N) is 2. The number of amides is 2. The van der Waals surface area contributed by atoms with Crippen LogP contribution < -0.4 is 10.9 Å². The van der Waals surface area contributed by atoms with Crippen molar-refractivity contribution >= 4 is 11.8 Å². The first-order chi connectivity index (χ1) is 8.56. The van der Waals surface area contributed by atoms with Gasteiger partial charge in [-0.1, -0.05) is 0 Å². The van der Waals surface area contributed by atoms with E-state index >= 15 is 0 Å². The van der Waals surface area contributed by atoms with Crippen LogP contribution in [0.4, 0.5) is 0 Å². The summed E-state index contributed by atoms with van der Waals surface area (Å²) in [5.41, 5.74) is -0.137. The van der Waals surface area contributed by atoms with Gasteiger partial charge in [0.25, 0.3) is 11.5 Å². The van der Waals surface area contributed by atoms with Gasteiger partial charge in [0.05, 0.1) is 0 Å². The quantitative estimate of drug-likeness (QED) is 0.712. The lowest BCUT2D eigenvalue weighted by atomic mass is 10.2. The second-order valence-electron chi connectivity index (χ2n) is 4.24. The predicted molar refractivity (Wildman–Crippen MR) is 63.0 cm³/mol. The molecule has 1 aromatic heterocycles. The maximum atomic E-state index is 12.0. The summed E-state index contributed by atoms with van der Waals surface area (Å²) in [4.78, 5) is 35.4. The van der Waals surface area contributed by atoms with Crippen LogP contribution in [0.2, 0.25) is 0 Å². The van der Waals surface area contributed by atoms with Crippen LogP contribution in [-0.2, 0) is 4.79 Å². The molecule has 7 nitrogen and oxygen atoms in total. The first-order valence-electron chi connectivity index (χ1n) is 5.68. The largest absolute Gasteiger partial charge is 0.352 e. The zero-order valence-corrected chi connectivity index (χ0v) is 9.97. The van der Waals surface area contributed by atoms with Crippen molar-refractivity contribution in [2.75, 3.05) is 13.1 Å². The first-order valence-corrected chi connectivity index (χ1v) is 5.68. The standard InChI is InChI=1S/C11H14N4O3/c1-7(16)12-8-4-5-15(6-8)11(18)9-2-3-10(17)14-13-9/h2-3,8H,4-6H2,1H3,(H,12,16)(H,14,17). The lowest BCUT2D eigenvalue weighted by Crippen LogP contribution is -2.37. The minimum absolute atomic E-state index is 0.00536.